The molecule has 2 aromatic heterocycles. The lowest BCUT2D eigenvalue weighted by molar-refractivity contribution is -0.105. The van der Waals surface area contributed by atoms with Crippen LogP contribution in [-0.4, -0.2) is 50.2 Å². The third-order valence-corrected chi connectivity index (χ3v) is 7.21. The number of halogens is 4. The standard InChI is InChI=1S/C21H22ClF3N6O2S2/c1-12-28-19(33-17-5-4-13(9-15(17)22)31-35(32)11-21(23,24)25)18(34-12)16-6-8-27-20(30-16)29-14-3-2-7-26-10-14/h4-6,8-9,14,26,31H,2-3,7,10-11H2,1H3,(H,27,29,30). The number of benzene rings is 1. The van der Waals surface area contributed by atoms with Crippen LogP contribution in [0, 0.1) is 6.92 Å². The first-order valence-corrected chi connectivity index (χ1v) is 13.1. The SMILES string of the molecule is Cc1nc(Oc2ccc(NS(=O)CC(F)(F)F)cc2Cl)c(-c2ccnc(NC3CCCNC3)n2)s1. The third kappa shape index (κ3) is 7.26. The van der Waals surface area contributed by atoms with Gasteiger partial charge in [-0.2, -0.15) is 13.2 Å². The van der Waals surface area contributed by atoms with Crippen LogP contribution in [0.5, 0.6) is 11.6 Å². The summed E-state index contributed by atoms with van der Waals surface area (Å²) in [6, 6.07) is 6.24. The van der Waals surface area contributed by atoms with E-state index in [0.29, 0.717) is 22.4 Å². The fourth-order valence-electron chi connectivity index (χ4n) is 3.42. The van der Waals surface area contributed by atoms with Gasteiger partial charge in [0.05, 0.1) is 15.7 Å². The average molecular weight is 547 g/mol. The fraction of sp³-hybridized carbons (Fsp3) is 0.381. The highest BCUT2D eigenvalue weighted by Gasteiger charge is 2.30. The first-order chi connectivity index (χ1) is 16.7. The zero-order valence-corrected chi connectivity index (χ0v) is 20.9. The Morgan fingerprint density at radius 2 is 2.14 bits per heavy atom. The summed E-state index contributed by atoms with van der Waals surface area (Å²) in [4.78, 5) is 14.1. The van der Waals surface area contributed by atoms with Gasteiger partial charge in [-0.15, -0.1) is 11.3 Å². The molecule has 0 bridgehead atoms. The molecule has 0 aliphatic carbocycles. The van der Waals surface area contributed by atoms with Gasteiger partial charge in [-0.05, 0) is 50.6 Å². The molecule has 35 heavy (non-hydrogen) atoms. The minimum Gasteiger partial charge on any atom is -0.436 e. The Kier molecular flexibility index (Phi) is 8.09. The topological polar surface area (TPSA) is 101 Å². The van der Waals surface area contributed by atoms with E-state index in [-0.39, 0.29) is 22.5 Å². The predicted molar refractivity (Wildman–Crippen MR) is 132 cm³/mol. The van der Waals surface area contributed by atoms with Crippen molar-refractivity contribution in [2.45, 2.75) is 32.0 Å². The Hall–Kier alpha value is -2.48. The van der Waals surface area contributed by atoms with Crippen LogP contribution in [0.25, 0.3) is 10.6 Å². The van der Waals surface area contributed by atoms with Gasteiger partial charge < -0.3 is 20.1 Å². The molecule has 1 saturated heterocycles. The number of aryl methyl sites for hydroxylation is 1. The van der Waals surface area contributed by atoms with E-state index in [2.05, 4.69) is 30.3 Å². The van der Waals surface area contributed by atoms with Crippen LogP contribution < -0.4 is 20.1 Å². The van der Waals surface area contributed by atoms with Gasteiger partial charge in [-0.1, -0.05) is 11.6 Å². The average Bonchev–Trinajstić information content (AvgIpc) is 3.15. The first-order valence-electron chi connectivity index (χ1n) is 10.6. The minimum absolute atomic E-state index is 0.116. The summed E-state index contributed by atoms with van der Waals surface area (Å²) in [5, 5.41) is 7.55. The van der Waals surface area contributed by atoms with E-state index in [1.54, 1.807) is 12.3 Å². The maximum Gasteiger partial charge on any atom is 0.402 e. The molecule has 0 spiro atoms. The highest BCUT2D eigenvalue weighted by molar-refractivity contribution is 7.86. The zero-order valence-electron chi connectivity index (χ0n) is 18.5. The van der Waals surface area contributed by atoms with Gasteiger partial charge in [-0.3, -0.25) is 0 Å². The highest BCUT2D eigenvalue weighted by Crippen LogP contribution is 2.39. The Bertz CT molecular complexity index is 1200. The fourth-order valence-corrected chi connectivity index (χ4v) is 5.21. The number of aromatic nitrogens is 3. The molecule has 1 aromatic carbocycles. The summed E-state index contributed by atoms with van der Waals surface area (Å²) in [5.74, 6) is -0.434. The lowest BCUT2D eigenvalue weighted by atomic mass is 10.1. The lowest BCUT2D eigenvalue weighted by Crippen LogP contribution is -2.38. The molecule has 4 rings (SSSR count). The summed E-state index contributed by atoms with van der Waals surface area (Å²) in [5.41, 5.74) is 0.798. The van der Waals surface area contributed by atoms with Crippen LogP contribution >= 0.6 is 22.9 Å². The van der Waals surface area contributed by atoms with E-state index in [9.17, 15) is 17.4 Å². The van der Waals surface area contributed by atoms with Gasteiger partial charge in [0.15, 0.2) is 0 Å². The highest BCUT2D eigenvalue weighted by atomic mass is 35.5. The van der Waals surface area contributed by atoms with Crippen LogP contribution in [0.15, 0.2) is 30.5 Å². The molecule has 1 aliphatic heterocycles. The molecule has 14 heteroatoms. The number of nitrogens with one attached hydrogen (secondary N) is 3. The maximum absolute atomic E-state index is 12.4. The molecule has 1 fully saturated rings. The number of hydrogen-bond donors (Lipinski definition) is 3. The largest absolute Gasteiger partial charge is 0.436 e. The molecule has 0 amide bonds. The van der Waals surface area contributed by atoms with E-state index < -0.39 is 22.9 Å². The molecule has 0 saturated carbocycles. The molecule has 8 nitrogen and oxygen atoms in total. The molecule has 2 unspecified atom stereocenters. The van der Waals surface area contributed by atoms with E-state index >= 15 is 0 Å². The van der Waals surface area contributed by atoms with Crippen LogP contribution in [-0.2, 0) is 11.0 Å². The van der Waals surface area contributed by atoms with Crippen molar-refractivity contribution in [3.63, 3.8) is 0 Å². The second-order valence-electron chi connectivity index (χ2n) is 7.77. The molecule has 3 heterocycles. The van der Waals surface area contributed by atoms with Crippen molar-refractivity contribution in [1.82, 2.24) is 20.3 Å². The van der Waals surface area contributed by atoms with Gasteiger partial charge >= 0.3 is 6.18 Å². The van der Waals surface area contributed by atoms with E-state index in [1.165, 1.54) is 29.5 Å². The number of alkyl halides is 3. The van der Waals surface area contributed by atoms with Crippen molar-refractivity contribution in [3.05, 3.63) is 40.5 Å². The van der Waals surface area contributed by atoms with Gasteiger partial charge in [-0.25, -0.2) is 19.2 Å². The van der Waals surface area contributed by atoms with E-state index in [0.717, 1.165) is 30.9 Å². The van der Waals surface area contributed by atoms with Gasteiger partial charge in [0.1, 0.15) is 27.4 Å². The lowest BCUT2D eigenvalue weighted by Gasteiger charge is -2.23. The molecular weight excluding hydrogens is 525 g/mol. The molecule has 0 radical (unpaired) electrons. The van der Waals surface area contributed by atoms with Crippen molar-refractivity contribution in [2.75, 3.05) is 28.9 Å². The normalized spacial score (nSPS) is 17.1. The molecule has 188 valence electrons. The monoisotopic (exact) mass is 546 g/mol. The van der Waals surface area contributed by atoms with Crippen molar-refractivity contribution >= 4 is 45.6 Å². The second-order valence-corrected chi connectivity index (χ2v) is 10.6. The molecular formula is C21H22ClF3N6O2S2. The predicted octanol–water partition coefficient (Wildman–Crippen LogP) is 5.16. The second kappa shape index (κ2) is 11.1. The molecule has 3 N–H and O–H groups in total. The number of piperidine rings is 1. The van der Waals surface area contributed by atoms with Gasteiger partial charge in [0.25, 0.3) is 0 Å². The Labute approximate surface area is 211 Å². The van der Waals surface area contributed by atoms with Crippen molar-refractivity contribution in [2.24, 2.45) is 0 Å². The zero-order chi connectivity index (χ0) is 25.0. The number of thiazole rings is 1. The number of ether oxygens (including phenoxy) is 1. The van der Waals surface area contributed by atoms with Crippen LogP contribution in [0.4, 0.5) is 24.8 Å². The Balaban J connectivity index is 1.50. The van der Waals surface area contributed by atoms with Crippen molar-refractivity contribution in [3.8, 4) is 22.2 Å². The summed E-state index contributed by atoms with van der Waals surface area (Å²) in [6.45, 7) is 3.68. The summed E-state index contributed by atoms with van der Waals surface area (Å²) in [6.07, 6.45) is -0.778. The number of rotatable bonds is 8. The smallest absolute Gasteiger partial charge is 0.402 e. The van der Waals surface area contributed by atoms with Gasteiger partial charge in [0.2, 0.25) is 11.8 Å². The van der Waals surface area contributed by atoms with Crippen LogP contribution in [0.3, 0.4) is 0 Å². The molecule has 2 atom stereocenters. The summed E-state index contributed by atoms with van der Waals surface area (Å²) in [7, 11) is -2.33. The van der Waals surface area contributed by atoms with Crippen LogP contribution in [0.2, 0.25) is 5.02 Å². The number of hydrogen-bond acceptors (Lipinski definition) is 8. The van der Waals surface area contributed by atoms with Gasteiger partial charge in [0, 0.05) is 24.5 Å². The number of anilines is 2. The van der Waals surface area contributed by atoms with E-state index in [4.69, 9.17) is 16.3 Å². The Morgan fingerprint density at radius 3 is 2.86 bits per heavy atom. The van der Waals surface area contributed by atoms with Crippen molar-refractivity contribution < 1.29 is 22.1 Å². The molecule has 1 aliphatic rings. The van der Waals surface area contributed by atoms with Crippen LogP contribution in [0.1, 0.15) is 17.8 Å². The molecule has 3 aromatic rings. The summed E-state index contributed by atoms with van der Waals surface area (Å²) >= 11 is 7.68. The quantitative estimate of drug-likeness (QED) is 0.359. The first kappa shape index (κ1) is 25.6. The van der Waals surface area contributed by atoms with E-state index in [1.807, 2.05) is 6.92 Å². The third-order valence-electron chi connectivity index (χ3n) is 4.89. The minimum atomic E-state index is -4.55. The van der Waals surface area contributed by atoms with Crippen molar-refractivity contribution in [1.29, 1.82) is 0 Å². The number of nitrogens with zero attached hydrogens (tertiary/aromatic N) is 3. The maximum atomic E-state index is 12.4. The Morgan fingerprint density at radius 1 is 1.31 bits per heavy atom. The summed E-state index contributed by atoms with van der Waals surface area (Å²) < 4.78 is 57.1.